The summed E-state index contributed by atoms with van der Waals surface area (Å²) in [5, 5.41) is 0.822. The SMILES string of the molecule is Cc1nc(COc2c(N)cccc2F)sc1C. The summed E-state index contributed by atoms with van der Waals surface area (Å²) < 4.78 is 18.8. The summed E-state index contributed by atoms with van der Waals surface area (Å²) in [6.07, 6.45) is 0. The summed E-state index contributed by atoms with van der Waals surface area (Å²) in [5.41, 5.74) is 6.92. The Balaban J connectivity index is 2.12. The topological polar surface area (TPSA) is 48.1 Å². The second-order valence-electron chi connectivity index (χ2n) is 3.70. The Morgan fingerprint density at radius 2 is 2.18 bits per heavy atom. The number of aryl methyl sites for hydroxylation is 2. The fraction of sp³-hybridized carbons (Fsp3) is 0.250. The van der Waals surface area contributed by atoms with E-state index in [2.05, 4.69) is 4.98 Å². The van der Waals surface area contributed by atoms with Crippen LogP contribution in [-0.4, -0.2) is 4.98 Å². The van der Waals surface area contributed by atoms with E-state index in [1.807, 2.05) is 13.8 Å². The van der Waals surface area contributed by atoms with Crippen molar-refractivity contribution in [3.05, 3.63) is 39.6 Å². The highest BCUT2D eigenvalue weighted by Crippen LogP contribution is 2.26. The normalized spacial score (nSPS) is 10.5. The van der Waals surface area contributed by atoms with Gasteiger partial charge in [0.1, 0.15) is 11.6 Å². The van der Waals surface area contributed by atoms with Crippen LogP contribution < -0.4 is 10.5 Å². The van der Waals surface area contributed by atoms with Crippen molar-refractivity contribution in [2.24, 2.45) is 0 Å². The van der Waals surface area contributed by atoms with Gasteiger partial charge < -0.3 is 10.5 Å². The van der Waals surface area contributed by atoms with Crippen LogP contribution in [0.15, 0.2) is 18.2 Å². The number of hydrogen-bond acceptors (Lipinski definition) is 4. The third kappa shape index (κ3) is 2.55. The maximum atomic E-state index is 13.4. The van der Waals surface area contributed by atoms with Crippen molar-refractivity contribution < 1.29 is 9.13 Å². The smallest absolute Gasteiger partial charge is 0.178 e. The predicted octanol–water partition coefficient (Wildman–Crippen LogP) is 3.06. The summed E-state index contributed by atoms with van der Waals surface area (Å²) in [5.74, 6) is -0.354. The monoisotopic (exact) mass is 252 g/mol. The lowest BCUT2D eigenvalue weighted by Gasteiger charge is -2.07. The fourth-order valence-electron chi connectivity index (χ4n) is 1.41. The summed E-state index contributed by atoms with van der Waals surface area (Å²) in [6, 6.07) is 4.48. The van der Waals surface area contributed by atoms with Crippen LogP contribution in [0.5, 0.6) is 5.75 Å². The Labute approximate surface area is 103 Å². The number of nitrogen functional groups attached to an aromatic ring is 1. The van der Waals surface area contributed by atoms with E-state index < -0.39 is 5.82 Å². The van der Waals surface area contributed by atoms with Crippen molar-refractivity contribution in [3.8, 4) is 5.75 Å². The molecule has 0 unspecified atom stereocenters. The van der Waals surface area contributed by atoms with Crippen molar-refractivity contribution in [2.45, 2.75) is 20.5 Å². The molecule has 1 aromatic heterocycles. The van der Waals surface area contributed by atoms with Gasteiger partial charge in [-0.15, -0.1) is 11.3 Å². The lowest BCUT2D eigenvalue weighted by Crippen LogP contribution is -2.00. The van der Waals surface area contributed by atoms with Crippen molar-refractivity contribution in [1.82, 2.24) is 4.98 Å². The molecule has 0 aliphatic rings. The lowest BCUT2D eigenvalue weighted by molar-refractivity contribution is 0.291. The van der Waals surface area contributed by atoms with E-state index in [-0.39, 0.29) is 12.4 Å². The highest BCUT2D eigenvalue weighted by molar-refractivity contribution is 7.11. The number of halogens is 1. The van der Waals surface area contributed by atoms with Gasteiger partial charge in [0.05, 0.1) is 11.4 Å². The van der Waals surface area contributed by atoms with E-state index in [0.29, 0.717) is 5.69 Å². The second-order valence-corrected chi connectivity index (χ2v) is 4.98. The van der Waals surface area contributed by atoms with Crippen LogP contribution in [0.4, 0.5) is 10.1 Å². The quantitative estimate of drug-likeness (QED) is 0.854. The lowest BCUT2D eigenvalue weighted by atomic mass is 10.3. The standard InChI is InChI=1S/C12H13FN2OS/c1-7-8(2)17-11(15-7)6-16-12-9(13)4-3-5-10(12)14/h3-5H,6,14H2,1-2H3. The largest absolute Gasteiger partial charge is 0.481 e. The van der Waals surface area contributed by atoms with Crippen LogP contribution in [0.2, 0.25) is 0 Å². The Bertz CT molecular complexity index is 500. The van der Waals surface area contributed by atoms with Gasteiger partial charge in [-0.25, -0.2) is 9.37 Å². The predicted molar refractivity (Wildman–Crippen MR) is 66.7 cm³/mol. The van der Waals surface area contributed by atoms with Gasteiger partial charge in [0.15, 0.2) is 11.6 Å². The summed E-state index contributed by atoms with van der Waals surface area (Å²) in [7, 11) is 0. The molecule has 0 spiro atoms. The average Bonchev–Trinajstić information content (AvgIpc) is 2.58. The molecule has 17 heavy (non-hydrogen) atoms. The van der Waals surface area contributed by atoms with Crippen molar-refractivity contribution in [3.63, 3.8) is 0 Å². The van der Waals surface area contributed by atoms with E-state index in [9.17, 15) is 4.39 Å². The van der Waals surface area contributed by atoms with Gasteiger partial charge >= 0.3 is 0 Å². The zero-order chi connectivity index (χ0) is 12.4. The maximum absolute atomic E-state index is 13.4. The molecule has 0 fully saturated rings. The molecule has 0 amide bonds. The number of benzene rings is 1. The molecule has 0 bridgehead atoms. The molecule has 0 aliphatic carbocycles. The molecule has 2 aromatic rings. The number of nitrogens with two attached hydrogens (primary N) is 1. The van der Waals surface area contributed by atoms with Crippen LogP contribution in [0.25, 0.3) is 0 Å². The fourth-order valence-corrected chi connectivity index (χ4v) is 2.26. The number of anilines is 1. The Morgan fingerprint density at radius 3 is 2.76 bits per heavy atom. The molecule has 0 saturated carbocycles. The van der Waals surface area contributed by atoms with Crippen LogP contribution >= 0.6 is 11.3 Å². The van der Waals surface area contributed by atoms with Crippen molar-refractivity contribution >= 4 is 17.0 Å². The molecule has 2 N–H and O–H groups in total. The minimum atomic E-state index is -0.449. The van der Waals surface area contributed by atoms with E-state index in [0.717, 1.165) is 15.6 Å². The molecule has 0 radical (unpaired) electrons. The minimum Gasteiger partial charge on any atom is -0.481 e. The highest BCUT2D eigenvalue weighted by Gasteiger charge is 2.09. The van der Waals surface area contributed by atoms with E-state index in [1.54, 1.807) is 23.5 Å². The van der Waals surface area contributed by atoms with Crippen LogP contribution in [0.3, 0.4) is 0 Å². The third-order valence-electron chi connectivity index (χ3n) is 2.41. The molecule has 1 heterocycles. The number of hydrogen-bond donors (Lipinski definition) is 1. The zero-order valence-corrected chi connectivity index (χ0v) is 10.5. The van der Waals surface area contributed by atoms with E-state index in [4.69, 9.17) is 10.5 Å². The molecule has 90 valence electrons. The van der Waals surface area contributed by atoms with Gasteiger partial charge in [-0.2, -0.15) is 0 Å². The first-order valence-electron chi connectivity index (χ1n) is 5.17. The number of para-hydroxylation sites is 1. The second kappa shape index (κ2) is 4.71. The van der Waals surface area contributed by atoms with Crippen LogP contribution in [-0.2, 0) is 6.61 Å². The molecule has 0 atom stereocenters. The Hall–Kier alpha value is -1.62. The average molecular weight is 252 g/mol. The molecule has 5 heteroatoms. The van der Waals surface area contributed by atoms with Gasteiger partial charge in [-0.05, 0) is 26.0 Å². The molecule has 0 saturated heterocycles. The molecular formula is C12H13FN2OS. The number of nitrogens with zero attached hydrogens (tertiary/aromatic N) is 1. The van der Waals surface area contributed by atoms with Crippen LogP contribution in [0, 0.1) is 19.7 Å². The first kappa shape index (κ1) is 11.9. The first-order valence-corrected chi connectivity index (χ1v) is 5.99. The van der Waals surface area contributed by atoms with Gasteiger partial charge in [-0.3, -0.25) is 0 Å². The third-order valence-corrected chi connectivity index (χ3v) is 3.46. The molecule has 0 aliphatic heterocycles. The number of rotatable bonds is 3. The Kier molecular flexibility index (Phi) is 3.28. The van der Waals surface area contributed by atoms with Crippen molar-refractivity contribution in [2.75, 3.05) is 5.73 Å². The maximum Gasteiger partial charge on any atom is 0.178 e. The van der Waals surface area contributed by atoms with Gasteiger partial charge in [0, 0.05) is 4.88 Å². The zero-order valence-electron chi connectivity index (χ0n) is 9.66. The van der Waals surface area contributed by atoms with Gasteiger partial charge in [0.2, 0.25) is 0 Å². The first-order chi connectivity index (χ1) is 8.08. The highest BCUT2D eigenvalue weighted by atomic mass is 32.1. The molecule has 3 nitrogen and oxygen atoms in total. The molecule has 2 rings (SSSR count). The summed E-state index contributed by atoms with van der Waals surface area (Å²) in [6.45, 7) is 4.17. The van der Waals surface area contributed by atoms with Gasteiger partial charge in [0.25, 0.3) is 0 Å². The molecule has 1 aromatic carbocycles. The van der Waals surface area contributed by atoms with Crippen LogP contribution in [0.1, 0.15) is 15.6 Å². The number of aromatic nitrogens is 1. The number of thiazole rings is 1. The minimum absolute atomic E-state index is 0.0954. The van der Waals surface area contributed by atoms with Gasteiger partial charge in [-0.1, -0.05) is 6.07 Å². The summed E-state index contributed by atoms with van der Waals surface area (Å²) in [4.78, 5) is 5.46. The molecular weight excluding hydrogens is 239 g/mol. The Morgan fingerprint density at radius 1 is 1.41 bits per heavy atom. The summed E-state index contributed by atoms with van der Waals surface area (Å²) >= 11 is 1.55. The van der Waals surface area contributed by atoms with E-state index in [1.165, 1.54) is 6.07 Å². The van der Waals surface area contributed by atoms with E-state index >= 15 is 0 Å². The van der Waals surface area contributed by atoms with Crippen molar-refractivity contribution in [1.29, 1.82) is 0 Å². The number of ether oxygens (including phenoxy) is 1.